The number of hydrogen-bond acceptors (Lipinski definition) is 2. The van der Waals surface area contributed by atoms with Crippen molar-refractivity contribution < 1.29 is 9.90 Å². The number of benzene rings is 2. The molecule has 1 atom stereocenters. The van der Waals surface area contributed by atoms with Crippen LogP contribution in [0.25, 0.3) is 0 Å². The van der Waals surface area contributed by atoms with Crippen molar-refractivity contribution in [2.24, 2.45) is 0 Å². The molecular formula is C16H16O2. The smallest absolute Gasteiger partial charge is 0.137 e. The first kappa shape index (κ1) is 12.4. The zero-order valence-corrected chi connectivity index (χ0v) is 10.3. The minimum absolute atomic E-state index is 0.115. The number of phenolic OH excluding ortho intramolecular Hbond substituents is 1. The van der Waals surface area contributed by atoms with Crippen LogP contribution in [0.15, 0.2) is 54.6 Å². The molecule has 0 heterocycles. The minimum atomic E-state index is -0.115. The van der Waals surface area contributed by atoms with Crippen LogP contribution in [-0.2, 0) is 11.2 Å². The van der Waals surface area contributed by atoms with Gasteiger partial charge in [-0.1, -0.05) is 42.5 Å². The van der Waals surface area contributed by atoms with Crippen molar-refractivity contribution in [2.75, 3.05) is 0 Å². The molecule has 0 amide bonds. The first-order chi connectivity index (χ1) is 8.66. The van der Waals surface area contributed by atoms with Gasteiger partial charge in [-0.2, -0.15) is 0 Å². The average molecular weight is 240 g/mol. The van der Waals surface area contributed by atoms with E-state index < -0.39 is 0 Å². The van der Waals surface area contributed by atoms with Gasteiger partial charge in [0.1, 0.15) is 11.5 Å². The van der Waals surface area contributed by atoms with Crippen LogP contribution in [0.4, 0.5) is 0 Å². The van der Waals surface area contributed by atoms with E-state index in [4.69, 9.17) is 0 Å². The second kappa shape index (κ2) is 5.50. The number of carbonyl (C=O) groups is 1. The van der Waals surface area contributed by atoms with Gasteiger partial charge in [-0.15, -0.1) is 0 Å². The molecule has 2 heteroatoms. The molecule has 0 aromatic heterocycles. The summed E-state index contributed by atoms with van der Waals surface area (Å²) in [5.74, 6) is 0.294. The van der Waals surface area contributed by atoms with Gasteiger partial charge in [0.05, 0.1) is 0 Å². The zero-order valence-electron chi connectivity index (χ0n) is 10.3. The highest BCUT2D eigenvalue weighted by atomic mass is 16.3. The number of carbonyl (C=O) groups excluding carboxylic acids is 1. The van der Waals surface area contributed by atoms with E-state index in [0.29, 0.717) is 6.42 Å². The molecule has 1 unspecified atom stereocenters. The van der Waals surface area contributed by atoms with Crippen molar-refractivity contribution in [3.05, 3.63) is 65.7 Å². The maximum absolute atomic E-state index is 11.8. The predicted octanol–water partition coefficient (Wildman–Crippen LogP) is 3.31. The zero-order chi connectivity index (χ0) is 13.0. The number of hydrogen-bond donors (Lipinski definition) is 1. The lowest BCUT2D eigenvalue weighted by Crippen LogP contribution is -2.11. The average Bonchev–Trinajstić information content (AvgIpc) is 2.38. The molecule has 2 aromatic rings. The fraction of sp³-hybridized carbons (Fsp3) is 0.188. The molecule has 2 aromatic carbocycles. The Balaban J connectivity index is 2.22. The Kier molecular flexibility index (Phi) is 3.78. The molecule has 0 radical (unpaired) electrons. The van der Waals surface area contributed by atoms with Crippen LogP contribution in [0.3, 0.4) is 0 Å². The second-order valence-corrected chi connectivity index (χ2v) is 4.44. The molecule has 1 N–H and O–H groups in total. The Bertz CT molecular complexity index is 515. The molecule has 2 nitrogen and oxygen atoms in total. The first-order valence-corrected chi connectivity index (χ1v) is 6.00. The largest absolute Gasteiger partial charge is 0.508 e. The van der Waals surface area contributed by atoms with Crippen molar-refractivity contribution in [1.82, 2.24) is 0 Å². The summed E-state index contributed by atoms with van der Waals surface area (Å²) in [6.07, 6.45) is 0.666. The minimum Gasteiger partial charge on any atom is -0.508 e. The summed E-state index contributed by atoms with van der Waals surface area (Å²) in [5, 5.41) is 9.25. The number of phenols is 1. The monoisotopic (exact) mass is 240 g/mol. The molecule has 92 valence electrons. The number of rotatable bonds is 4. The van der Waals surface area contributed by atoms with Gasteiger partial charge in [0, 0.05) is 5.92 Å². The van der Waals surface area contributed by atoms with E-state index in [1.165, 1.54) is 0 Å². The highest BCUT2D eigenvalue weighted by molar-refractivity contribution is 5.83. The summed E-state index contributed by atoms with van der Waals surface area (Å²) < 4.78 is 0. The highest BCUT2D eigenvalue weighted by Gasteiger charge is 2.16. The lowest BCUT2D eigenvalue weighted by Gasteiger charge is -2.14. The molecule has 0 spiro atoms. The molecule has 0 saturated heterocycles. The van der Waals surface area contributed by atoms with Crippen LogP contribution < -0.4 is 0 Å². The van der Waals surface area contributed by atoms with Gasteiger partial charge >= 0.3 is 0 Å². The third-order valence-corrected chi connectivity index (χ3v) is 3.07. The topological polar surface area (TPSA) is 37.3 Å². The molecular weight excluding hydrogens is 224 g/mol. The van der Waals surface area contributed by atoms with Crippen LogP contribution in [0.2, 0.25) is 0 Å². The Morgan fingerprint density at radius 1 is 1.06 bits per heavy atom. The Morgan fingerprint density at radius 2 is 1.67 bits per heavy atom. The van der Waals surface area contributed by atoms with E-state index in [9.17, 15) is 9.90 Å². The number of ketones is 1. The molecule has 0 bridgehead atoms. The van der Waals surface area contributed by atoms with E-state index in [-0.39, 0.29) is 17.5 Å². The van der Waals surface area contributed by atoms with E-state index >= 15 is 0 Å². The van der Waals surface area contributed by atoms with Crippen molar-refractivity contribution >= 4 is 5.78 Å². The SMILES string of the molecule is CC(=O)C(Cc1ccc(O)cc1)c1ccccc1. The van der Waals surface area contributed by atoms with Gasteiger partial charge < -0.3 is 5.11 Å². The highest BCUT2D eigenvalue weighted by Crippen LogP contribution is 2.22. The molecule has 18 heavy (non-hydrogen) atoms. The maximum Gasteiger partial charge on any atom is 0.137 e. The molecule has 0 aliphatic carbocycles. The van der Waals surface area contributed by atoms with Gasteiger partial charge in [-0.05, 0) is 36.6 Å². The van der Waals surface area contributed by atoms with Crippen LogP contribution in [-0.4, -0.2) is 10.9 Å². The summed E-state index contributed by atoms with van der Waals surface area (Å²) in [6, 6.07) is 16.8. The van der Waals surface area contributed by atoms with Crippen molar-refractivity contribution in [2.45, 2.75) is 19.3 Å². The van der Waals surface area contributed by atoms with Gasteiger partial charge in [0.15, 0.2) is 0 Å². The summed E-state index contributed by atoms with van der Waals surface area (Å²) in [6.45, 7) is 1.62. The Hall–Kier alpha value is -2.09. The van der Waals surface area contributed by atoms with Gasteiger partial charge in [0.2, 0.25) is 0 Å². The molecule has 0 fully saturated rings. The van der Waals surface area contributed by atoms with E-state index in [0.717, 1.165) is 11.1 Å². The van der Waals surface area contributed by atoms with Gasteiger partial charge in [0.25, 0.3) is 0 Å². The summed E-state index contributed by atoms with van der Waals surface area (Å²) in [5.41, 5.74) is 2.09. The maximum atomic E-state index is 11.8. The van der Waals surface area contributed by atoms with Gasteiger partial charge in [-0.25, -0.2) is 0 Å². The molecule has 0 aliphatic heterocycles. The van der Waals surface area contributed by atoms with Crippen LogP contribution in [0, 0.1) is 0 Å². The molecule has 2 rings (SSSR count). The van der Waals surface area contributed by atoms with Crippen molar-refractivity contribution in [3.63, 3.8) is 0 Å². The third-order valence-electron chi connectivity index (χ3n) is 3.07. The standard InChI is InChI=1S/C16H16O2/c1-12(17)16(14-5-3-2-4-6-14)11-13-7-9-15(18)10-8-13/h2-10,16,18H,11H2,1H3. The molecule has 0 saturated carbocycles. The van der Waals surface area contributed by atoms with E-state index in [1.54, 1.807) is 19.1 Å². The number of aromatic hydroxyl groups is 1. The van der Waals surface area contributed by atoms with E-state index in [1.807, 2.05) is 42.5 Å². The quantitative estimate of drug-likeness (QED) is 0.890. The summed E-state index contributed by atoms with van der Waals surface area (Å²) >= 11 is 0. The lowest BCUT2D eigenvalue weighted by atomic mass is 9.89. The van der Waals surface area contributed by atoms with E-state index in [2.05, 4.69) is 0 Å². The Labute approximate surface area is 107 Å². The van der Waals surface area contributed by atoms with Crippen LogP contribution in [0.5, 0.6) is 5.75 Å². The van der Waals surface area contributed by atoms with Crippen molar-refractivity contribution in [1.29, 1.82) is 0 Å². The fourth-order valence-electron chi connectivity index (χ4n) is 2.05. The molecule has 0 aliphatic rings. The number of Topliss-reactive ketones (excluding diaryl/α,β-unsaturated/α-hetero) is 1. The third kappa shape index (κ3) is 2.98. The fourth-order valence-corrected chi connectivity index (χ4v) is 2.05. The summed E-state index contributed by atoms with van der Waals surface area (Å²) in [7, 11) is 0. The summed E-state index contributed by atoms with van der Waals surface area (Å²) in [4.78, 5) is 11.8. The normalized spacial score (nSPS) is 12.1. The predicted molar refractivity (Wildman–Crippen MR) is 71.7 cm³/mol. The second-order valence-electron chi connectivity index (χ2n) is 4.44. The van der Waals surface area contributed by atoms with Crippen LogP contribution in [0.1, 0.15) is 24.0 Å². The van der Waals surface area contributed by atoms with Crippen molar-refractivity contribution in [3.8, 4) is 5.75 Å². The van der Waals surface area contributed by atoms with Crippen LogP contribution >= 0.6 is 0 Å². The lowest BCUT2D eigenvalue weighted by molar-refractivity contribution is -0.118. The Morgan fingerprint density at radius 3 is 2.22 bits per heavy atom. The van der Waals surface area contributed by atoms with Gasteiger partial charge in [-0.3, -0.25) is 4.79 Å². The first-order valence-electron chi connectivity index (χ1n) is 6.00.